The second kappa shape index (κ2) is 9.37. The lowest BCUT2D eigenvalue weighted by Crippen LogP contribution is -2.87. The molecule has 10 rings (SSSR count). The Morgan fingerprint density at radius 3 is 2.64 bits per heavy atom. The Kier molecular flexibility index (Phi) is 6.05. The maximum absolute atomic E-state index is 11.0. The molecular formula is C39H51NO4. The molecule has 5 heteroatoms. The van der Waals surface area contributed by atoms with Gasteiger partial charge in [-0.25, -0.2) is 0 Å². The van der Waals surface area contributed by atoms with Crippen molar-refractivity contribution in [1.29, 1.82) is 0 Å². The summed E-state index contributed by atoms with van der Waals surface area (Å²) in [5, 5.41) is 21.7. The molecule has 2 heterocycles. The van der Waals surface area contributed by atoms with Crippen LogP contribution in [-0.2, 0) is 9.47 Å². The zero-order valence-corrected chi connectivity index (χ0v) is 26.7. The van der Waals surface area contributed by atoms with Crippen molar-refractivity contribution in [2.75, 3.05) is 20.3 Å². The van der Waals surface area contributed by atoms with Gasteiger partial charge in [-0.15, -0.1) is 0 Å². The number of aliphatic hydroxyl groups excluding tert-OH is 1. The average Bonchev–Trinajstić information content (AvgIpc) is 3.43. The van der Waals surface area contributed by atoms with E-state index in [1.54, 1.807) is 0 Å². The van der Waals surface area contributed by atoms with E-state index in [9.17, 15) is 10.2 Å². The van der Waals surface area contributed by atoms with Crippen LogP contribution in [0.5, 0.6) is 5.75 Å². The number of nitrogens with two attached hydrogens (primary N) is 1. The zero-order chi connectivity index (χ0) is 30.1. The van der Waals surface area contributed by atoms with E-state index >= 15 is 0 Å². The molecule has 9 aliphatic rings. The second-order valence-electron chi connectivity index (χ2n) is 17.1. The minimum absolute atomic E-state index is 0.0114. The van der Waals surface area contributed by atoms with Gasteiger partial charge in [0.2, 0.25) is 0 Å². The largest absolute Gasteiger partial charge is 0.508 e. The van der Waals surface area contributed by atoms with Crippen LogP contribution in [0.1, 0.15) is 107 Å². The fourth-order valence-electron chi connectivity index (χ4n) is 14.0. The number of phenolic OH excluding ortho intramolecular Hbond substituents is 1. The highest BCUT2D eigenvalue weighted by molar-refractivity contribution is 5.51. The predicted octanol–water partition coefficient (Wildman–Crippen LogP) is 6.43. The Bertz CT molecular complexity index is 1450. The molecule has 44 heavy (non-hydrogen) atoms. The molecule has 5 saturated carbocycles. The Balaban J connectivity index is 1.30. The number of benzene rings is 1. The van der Waals surface area contributed by atoms with Gasteiger partial charge in [0.1, 0.15) is 5.75 Å². The van der Waals surface area contributed by atoms with Crippen LogP contribution < -0.4 is 5.73 Å². The number of fused-ring (bicyclic) bond motifs is 8. The zero-order valence-electron chi connectivity index (χ0n) is 26.7. The average molecular weight is 598 g/mol. The maximum Gasteiger partial charge on any atom is 0.115 e. The lowest BCUT2D eigenvalue weighted by molar-refractivity contribution is -0.395. The van der Waals surface area contributed by atoms with Crippen LogP contribution in [0, 0.1) is 58.2 Å². The lowest BCUT2D eigenvalue weighted by atomic mass is 9.31. The summed E-state index contributed by atoms with van der Waals surface area (Å²) in [5.74, 6) is 9.70. The second-order valence-corrected chi connectivity index (χ2v) is 17.1. The first-order valence-corrected chi connectivity index (χ1v) is 17.8. The van der Waals surface area contributed by atoms with E-state index in [1.165, 1.54) is 49.7 Å². The summed E-state index contributed by atoms with van der Waals surface area (Å²) in [7, 11) is 1.87. The highest BCUT2D eigenvalue weighted by Gasteiger charge is 2.81. The van der Waals surface area contributed by atoms with Gasteiger partial charge in [-0.2, -0.15) is 0 Å². The normalized spacial score (nSPS) is 50.4. The van der Waals surface area contributed by atoms with Gasteiger partial charge < -0.3 is 25.4 Å². The molecule has 7 fully saturated rings. The molecule has 0 amide bonds. The third-order valence-electron chi connectivity index (χ3n) is 15.2. The summed E-state index contributed by atoms with van der Waals surface area (Å²) in [6, 6.07) is 6.03. The van der Waals surface area contributed by atoms with Crippen molar-refractivity contribution < 1.29 is 19.7 Å². The Morgan fingerprint density at radius 2 is 1.84 bits per heavy atom. The first kappa shape index (κ1) is 28.4. The molecule has 236 valence electrons. The third-order valence-corrected chi connectivity index (χ3v) is 15.2. The van der Waals surface area contributed by atoms with Crippen LogP contribution in [-0.4, -0.2) is 47.3 Å². The standard InChI is InChI=1S/C39H51NO4/c1-35-15-11-27(22-43-2)37-16-12-26(21-41)39(40,34(35)37)33-10-6-24-5-8-30(31-9-7-29(42)18-32(24)31)25-17-28(38(33,23-37)44-35)20-36(19-25)13-3-4-14-36/h5,7-9,18,24-28,30,33-34,41-42H,3-4,11-17,19-23,40H2,1-2H3/t24-,25+,26-,27+,28+,30-,33-,34+,35+,37-,38+,39-/m0/s1. The number of aromatic hydroxyl groups is 1. The molecule has 12 atom stereocenters. The molecular weight excluding hydrogens is 546 g/mol. The van der Waals surface area contributed by atoms with Gasteiger partial charge in [-0.1, -0.05) is 42.9 Å². The molecule has 2 spiro atoms. The number of allylic oxidation sites excluding steroid dienone is 2. The highest BCUT2D eigenvalue weighted by Crippen LogP contribution is 2.77. The van der Waals surface area contributed by atoms with Gasteiger partial charge in [-0.05, 0) is 123 Å². The summed E-state index contributed by atoms with van der Waals surface area (Å²) < 4.78 is 13.8. The Hall–Kier alpha value is -1.84. The molecule has 1 aromatic rings. The summed E-state index contributed by atoms with van der Waals surface area (Å²) in [4.78, 5) is 0. The highest BCUT2D eigenvalue weighted by atomic mass is 16.5. The molecule has 0 aromatic heterocycles. The molecule has 7 aliphatic carbocycles. The van der Waals surface area contributed by atoms with Crippen molar-refractivity contribution in [2.24, 2.45) is 52.1 Å². The third kappa shape index (κ3) is 3.47. The van der Waals surface area contributed by atoms with Crippen LogP contribution in [0.2, 0.25) is 0 Å². The fraction of sp³-hybridized carbons (Fsp3) is 0.744. The van der Waals surface area contributed by atoms with Crippen molar-refractivity contribution in [2.45, 2.75) is 113 Å². The van der Waals surface area contributed by atoms with Crippen molar-refractivity contribution in [1.82, 2.24) is 0 Å². The monoisotopic (exact) mass is 597 g/mol. The quantitative estimate of drug-likeness (QED) is 0.276. The van der Waals surface area contributed by atoms with Crippen molar-refractivity contribution >= 4 is 0 Å². The molecule has 0 unspecified atom stereocenters. The topological polar surface area (TPSA) is 84.9 Å². The fourth-order valence-corrected chi connectivity index (χ4v) is 14.0. The first-order chi connectivity index (χ1) is 21.2. The van der Waals surface area contributed by atoms with Gasteiger partial charge in [0.05, 0.1) is 23.0 Å². The number of hydrogen-bond donors (Lipinski definition) is 3. The van der Waals surface area contributed by atoms with E-state index in [2.05, 4.69) is 37.0 Å². The number of phenols is 1. The van der Waals surface area contributed by atoms with E-state index in [1.807, 2.05) is 19.2 Å². The van der Waals surface area contributed by atoms with Crippen LogP contribution in [0.15, 0.2) is 30.4 Å². The first-order valence-electron chi connectivity index (χ1n) is 17.8. The summed E-state index contributed by atoms with van der Waals surface area (Å²) in [5.41, 5.74) is 9.62. The minimum atomic E-state index is -0.620. The van der Waals surface area contributed by atoms with Crippen molar-refractivity contribution in [3.05, 3.63) is 41.5 Å². The molecule has 2 saturated heterocycles. The van der Waals surface area contributed by atoms with Crippen LogP contribution in [0.25, 0.3) is 0 Å². The number of aliphatic hydroxyl groups is 1. The van der Waals surface area contributed by atoms with E-state index < -0.39 is 11.1 Å². The van der Waals surface area contributed by atoms with E-state index in [0.717, 1.165) is 45.1 Å². The van der Waals surface area contributed by atoms with Crippen molar-refractivity contribution in [3.8, 4) is 17.6 Å². The number of rotatable bonds is 3. The molecule has 1 aromatic carbocycles. The summed E-state index contributed by atoms with van der Waals surface area (Å²) in [6.45, 7) is 3.28. The molecule has 5 nitrogen and oxygen atoms in total. The minimum Gasteiger partial charge on any atom is -0.508 e. The van der Waals surface area contributed by atoms with Gasteiger partial charge in [0, 0.05) is 43.6 Å². The number of ether oxygens (including phenoxy) is 2. The Labute approximate surface area is 263 Å². The van der Waals surface area contributed by atoms with Gasteiger partial charge in [0.15, 0.2) is 0 Å². The molecule has 9 bridgehead atoms. The van der Waals surface area contributed by atoms with Gasteiger partial charge in [-0.3, -0.25) is 0 Å². The van der Waals surface area contributed by atoms with Crippen LogP contribution in [0.3, 0.4) is 0 Å². The van der Waals surface area contributed by atoms with E-state index in [4.69, 9.17) is 15.2 Å². The van der Waals surface area contributed by atoms with E-state index in [-0.39, 0.29) is 41.3 Å². The Morgan fingerprint density at radius 1 is 1.02 bits per heavy atom. The summed E-state index contributed by atoms with van der Waals surface area (Å²) >= 11 is 0. The molecule has 0 radical (unpaired) electrons. The number of hydrogen-bond acceptors (Lipinski definition) is 5. The van der Waals surface area contributed by atoms with Gasteiger partial charge in [0.25, 0.3) is 0 Å². The summed E-state index contributed by atoms with van der Waals surface area (Å²) in [6.07, 6.45) is 18.9. The maximum atomic E-state index is 11.0. The lowest BCUT2D eigenvalue weighted by Gasteiger charge is -2.80. The van der Waals surface area contributed by atoms with Crippen molar-refractivity contribution in [3.63, 3.8) is 0 Å². The number of methoxy groups -OCH3 is 1. The smallest absolute Gasteiger partial charge is 0.115 e. The SMILES string of the molecule is COC[C@H]1CC[C@@]2(C)O[C@@]34C[C@@]15CC[C@@H](CO)[C@@](N)([C@@H]52)[C@H]3C#C[C@@H]1C=C[C@H](c2ccc(O)cc21)[C@@H]1C[C@@H]4CC2(CCCC2)C1. The van der Waals surface area contributed by atoms with Crippen LogP contribution in [0.4, 0.5) is 0 Å². The molecule has 4 N–H and O–H groups in total. The van der Waals surface area contributed by atoms with Gasteiger partial charge >= 0.3 is 0 Å². The predicted molar refractivity (Wildman–Crippen MR) is 170 cm³/mol. The van der Waals surface area contributed by atoms with Crippen LogP contribution >= 0.6 is 0 Å². The van der Waals surface area contributed by atoms with E-state index in [0.29, 0.717) is 34.8 Å². The molecule has 2 aliphatic heterocycles.